The van der Waals surface area contributed by atoms with Crippen LogP contribution in [0, 0.1) is 17.1 Å². The molecule has 0 unspecified atom stereocenters. The molecule has 6 nitrogen and oxygen atoms in total. The van der Waals surface area contributed by atoms with Gasteiger partial charge in [-0.25, -0.2) is 14.2 Å². The molecule has 0 aliphatic carbocycles. The highest BCUT2D eigenvalue weighted by molar-refractivity contribution is 7.14. The molecule has 0 aliphatic heterocycles. The van der Waals surface area contributed by atoms with Crippen molar-refractivity contribution in [3.63, 3.8) is 0 Å². The molecule has 0 spiro atoms. The Hall–Kier alpha value is -4.35. The molecule has 0 saturated carbocycles. The Morgan fingerprint density at radius 3 is 2.53 bits per heavy atom. The van der Waals surface area contributed by atoms with Crippen LogP contribution in [0.4, 0.5) is 9.52 Å². The third-order valence-electron chi connectivity index (χ3n) is 4.90. The number of carbonyl (C=O) groups is 2. The van der Waals surface area contributed by atoms with Crippen molar-refractivity contribution in [2.45, 2.75) is 6.54 Å². The summed E-state index contributed by atoms with van der Waals surface area (Å²) in [5, 5.41) is 11.2. The van der Waals surface area contributed by atoms with Gasteiger partial charge < -0.3 is 4.74 Å². The second-order valence-corrected chi connectivity index (χ2v) is 8.09. The predicted molar refractivity (Wildman–Crippen MR) is 127 cm³/mol. The van der Waals surface area contributed by atoms with Crippen LogP contribution in [-0.2, 0) is 16.1 Å². The second kappa shape index (κ2) is 10.5. The van der Waals surface area contributed by atoms with Crippen LogP contribution in [0.3, 0.4) is 0 Å². The summed E-state index contributed by atoms with van der Waals surface area (Å²) in [5.41, 5.74) is 2.72. The van der Waals surface area contributed by atoms with Gasteiger partial charge >= 0.3 is 5.97 Å². The Morgan fingerprint density at radius 1 is 1.03 bits per heavy atom. The third-order valence-corrected chi connectivity index (χ3v) is 5.77. The number of carbonyl (C=O) groups excluding carboxylic acids is 2. The molecule has 1 amide bonds. The van der Waals surface area contributed by atoms with Crippen LogP contribution < -0.4 is 4.90 Å². The van der Waals surface area contributed by atoms with Gasteiger partial charge in [0.25, 0.3) is 5.91 Å². The van der Waals surface area contributed by atoms with Crippen LogP contribution in [-0.4, -0.2) is 23.5 Å². The second-order valence-electron chi connectivity index (χ2n) is 7.26. The van der Waals surface area contributed by atoms with Crippen molar-refractivity contribution in [1.82, 2.24) is 4.98 Å². The van der Waals surface area contributed by atoms with Crippen LogP contribution >= 0.6 is 11.3 Å². The number of nitriles is 1. The predicted octanol–water partition coefficient (Wildman–Crippen LogP) is 5.21. The van der Waals surface area contributed by atoms with Crippen LogP contribution in [0.25, 0.3) is 11.3 Å². The zero-order chi connectivity index (χ0) is 23.9. The van der Waals surface area contributed by atoms with Gasteiger partial charge in [0.2, 0.25) is 0 Å². The van der Waals surface area contributed by atoms with Gasteiger partial charge in [0, 0.05) is 10.9 Å². The standard InChI is InChI=1S/C26H18FN3O3S/c27-22-11-9-20(10-12-22)23-17-34-26(29-23)30(15-18-5-2-1-3-6-18)24(31)16-33-25(32)21-8-4-7-19(13-21)14-28/h1-13,17H,15-16H2. The summed E-state index contributed by atoms with van der Waals surface area (Å²) >= 11 is 1.26. The zero-order valence-electron chi connectivity index (χ0n) is 17.8. The lowest BCUT2D eigenvalue weighted by atomic mass is 10.1. The van der Waals surface area contributed by atoms with Crippen LogP contribution in [0.15, 0.2) is 84.2 Å². The number of hydrogen-bond acceptors (Lipinski definition) is 6. The molecule has 4 aromatic rings. The summed E-state index contributed by atoms with van der Waals surface area (Å²) in [4.78, 5) is 31.5. The first-order valence-electron chi connectivity index (χ1n) is 10.3. The molecule has 0 atom stereocenters. The summed E-state index contributed by atoms with van der Waals surface area (Å²) in [7, 11) is 0. The van der Waals surface area contributed by atoms with Crippen molar-refractivity contribution in [1.29, 1.82) is 5.26 Å². The fourth-order valence-electron chi connectivity index (χ4n) is 3.17. The lowest BCUT2D eigenvalue weighted by molar-refractivity contribution is -0.121. The van der Waals surface area contributed by atoms with Gasteiger partial charge in [0.05, 0.1) is 29.4 Å². The quantitative estimate of drug-likeness (QED) is 0.346. The van der Waals surface area contributed by atoms with Gasteiger partial charge in [-0.2, -0.15) is 5.26 Å². The molecule has 0 saturated heterocycles. The van der Waals surface area contributed by atoms with E-state index in [-0.39, 0.29) is 17.9 Å². The van der Waals surface area contributed by atoms with E-state index in [0.29, 0.717) is 16.4 Å². The molecule has 4 rings (SSSR count). The average Bonchev–Trinajstić information content (AvgIpc) is 3.36. The molecule has 168 valence electrons. The Morgan fingerprint density at radius 2 is 1.79 bits per heavy atom. The number of ether oxygens (including phenoxy) is 1. The number of nitrogens with zero attached hydrogens (tertiary/aromatic N) is 3. The lowest BCUT2D eigenvalue weighted by Gasteiger charge is -2.20. The minimum atomic E-state index is -0.698. The zero-order valence-corrected chi connectivity index (χ0v) is 18.7. The lowest BCUT2D eigenvalue weighted by Crippen LogP contribution is -2.34. The van der Waals surface area contributed by atoms with Gasteiger partial charge in [-0.05, 0) is 48.0 Å². The minimum absolute atomic E-state index is 0.189. The first kappa shape index (κ1) is 22.8. The van der Waals surface area contributed by atoms with E-state index >= 15 is 0 Å². The van der Waals surface area contributed by atoms with E-state index in [1.165, 1.54) is 40.5 Å². The molecule has 3 aromatic carbocycles. The van der Waals surface area contributed by atoms with Gasteiger partial charge in [-0.3, -0.25) is 9.69 Å². The molecule has 0 N–H and O–H groups in total. The van der Waals surface area contributed by atoms with E-state index in [1.54, 1.807) is 29.6 Å². The van der Waals surface area contributed by atoms with E-state index in [4.69, 9.17) is 10.00 Å². The van der Waals surface area contributed by atoms with E-state index in [1.807, 2.05) is 36.4 Å². The number of esters is 1. The molecular weight excluding hydrogens is 453 g/mol. The Labute approximate surface area is 199 Å². The van der Waals surface area contributed by atoms with E-state index in [9.17, 15) is 14.0 Å². The topological polar surface area (TPSA) is 83.3 Å². The molecule has 0 fully saturated rings. The van der Waals surface area contributed by atoms with Crippen molar-refractivity contribution >= 4 is 28.3 Å². The summed E-state index contributed by atoms with van der Waals surface area (Å²) < 4.78 is 18.5. The number of hydrogen-bond donors (Lipinski definition) is 0. The summed E-state index contributed by atoms with van der Waals surface area (Å²) in [6.07, 6.45) is 0. The molecule has 8 heteroatoms. The fourth-order valence-corrected chi connectivity index (χ4v) is 4.02. The Bertz CT molecular complexity index is 1350. The Balaban J connectivity index is 1.53. The van der Waals surface area contributed by atoms with Gasteiger partial charge in [0.15, 0.2) is 11.7 Å². The summed E-state index contributed by atoms with van der Waals surface area (Å²) in [6.45, 7) is -0.259. The molecule has 0 bridgehead atoms. The van der Waals surface area contributed by atoms with E-state index < -0.39 is 18.5 Å². The number of rotatable bonds is 7. The number of anilines is 1. The van der Waals surface area contributed by atoms with Crippen molar-refractivity contribution in [3.05, 3.63) is 107 Å². The number of halogens is 1. The van der Waals surface area contributed by atoms with Crippen LogP contribution in [0.5, 0.6) is 0 Å². The van der Waals surface area contributed by atoms with Crippen molar-refractivity contribution < 1.29 is 18.7 Å². The summed E-state index contributed by atoms with van der Waals surface area (Å²) in [5.74, 6) is -1.49. The SMILES string of the molecule is N#Cc1cccc(C(=O)OCC(=O)N(Cc2ccccc2)c2nc(-c3ccc(F)cc3)cs2)c1. The van der Waals surface area contributed by atoms with Crippen LogP contribution in [0.2, 0.25) is 0 Å². The highest BCUT2D eigenvalue weighted by Crippen LogP contribution is 2.29. The normalized spacial score (nSPS) is 10.4. The maximum absolute atomic E-state index is 13.3. The van der Waals surface area contributed by atoms with Crippen molar-refractivity contribution in [2.75, 3.05) is 11.5 Å². The maximum Gasteiger partial charge on any atom is 0.338 e. The van der Waals surface area contributed by atoms with E-state index in [0.717, 1.165) is 11.1 Å². The van der Waals surface area contributed by atoms with E-state index in [2.05, 4.69) is 4.98 Å². The molecule has 34 heavy (non-hydrogen) atoms. The molecule has 1 heterocycles. The molecule has 0 aliphatic rings. The van der Waals surface area contributed by atoms with Gasteiger partial charge in [0.1, 0.15) is 5.82 Å². The first-order valence-corrected chi connectivity index (χ1v) is 11.1. The highest BCUT2D eigenvalue weighted by Gasteiger charge is 2.22. The van der Waals surface area contributed by atoms with Gasteiger partial charge in [-0.15, -0.1) is 11.3 Å². The Kier molecular flexibility index (Phi) is 7.06. The third kappa shape index (κ3) is 5.52. The fraction of sp³-hybridized carbons (Fsp3) is 0.0769. The smallest absolute Gasteiger partial charge is 0.338 e. The van der Waals surface area contributed by atoms with Crippen molar-refractivity contribution in [3.8, 4) is 17.3 Å². The monoisotopic (exact) mass is 471 g/mol. The largest absolute Gasteiger partial charge is 0.452 e. The molecule has 0 radical (unpaired) electrons. The highest BCUT2D eigenvalue weighted by atomic mass is 32.1. The van der Waals surface area contributed by atoms with Gasteiger partial charge in [-0.1, -0.05) is 36.4 Å². The van der Waals surface area contributed by atoms with Crippen molar-refractivity contribution in [2.24, 2.45) is 0 Å². The molecule has 1 aromatic heterocycles. The number of aromatic nitrogens is 1. The average molecular weight is 472 g/mol. The number of amides is 1. The number of benzene rings is 3. The number of thiazole rings is 1. The first-order chi connectivity index (χ1) is 16.5. The maximum atomic E-state index is 13.3. The minimum Gasteiger partial charge on any atom is -0.452 e. The van der Waals surface area contributed by atoms with Crippen LogP contribution in [0.1, 0.15) is 21.5 Å². The summed E-state index contributed by atoms with van der Waals surface area (Å²) in [6, 6.07) is 23.4. The molecular formula is C26H18FN3O3S.